The molecule has 166 valence electrons. The van der Waals surface area contributed by atoms with Crippen LogP contribution in [0.4, 0.5) is 17.1 Å². The van der Waals surface area contributed by atoms with Gasteiger partial charge in [-0.15, -0.1) is 0 Å². The lowest BCUT2D eigenvalue weighted by Gasteiger charge is -2.19. The minimum Gasteiger partial charge on any atom is -0.334 e. The molecule has 3 aromatic carbocycles. The summed E-state index contributed by atoms with van der Waals surface area (Å²) in [6, 6.07) is 21.9. The molecule has 2 heterocycles. The number of hydrogen-bond acceptors (Lipinski definition) is 5. The third kappa shape index (κ3) is 4.19. The van der Waals surface area contributed by atoms with Gasteiger partial charge in [0.25, 0.3) is 5.91 Å². The Morgan fingerprint density at radius 1 is 0.939 bits per heavy atom. The van der Waals surface area contributed by atoms with Crippen molar-refractivity contribution in [3.05, 3.63) is 92.8 Å². The van der Waals surface area contributed by atoms with Gasteiger partial charge >= 0.3 is 0 Å². The lowest BCUT2D eigenvalue weighted by atomic mass is 10.2. The molecule has 0 unspecified atom stereocenters. The Morgan fingerprint density at radius 2 is 1.70 bits per heavy atom. The minimum absolute atomic E-state index is 0.0585. The number of halogens is 1. The number of carbonyl (C=O) groups is 1. The van der Waals surface area contributed by atoms with Gasteiger partial charge in [-0.25, -0.2) is 4.99 Å². The van der Waals surface area contributed by atoms with Crippen molar-refractivity contribution in [1.82, 2.24) is 0 Å². The number of carbonyl (C=O) groups excluding carboxylic acids is 1. The first kappa shape index (κ1) is 22.1. The monoisotopic (exact) mass is 491 g/mol. The van der Waals surface area contributed by atoms with Gasteiger partial charge in [0.1, 0.15) is 9.93 Å². The van der Waals surface area contributed by atoms with Crippen LogP contribution < -0.4 is 9.80 Å². The van der Waals surface area contributed by atoms with E-state index in [0.29, 0.717) is 15.1 Å². The van der Waals surface area contributed by atoms with Gasteiger partial charge in [0.2, 0.25) is 0 Å². The molecule has 0 aromatic heterocycles. The number of amides is 1. The topological polar surface area (TPSA) is 35.9 Å². The van der Waals surface area contributed by atoms with Crippen molar-refractivity contribution in [3.8, 4) is 0 Å². The van der Waals surface area contributed by atoms with Crippen LogP contribution >= 0.6 is 35.1 Å². The average Bonchev–Trinajstić information content (AvgIpc) is 3.30. The standard InChI is InChI=1S/C26H22ClN3OS2/c1-4-29-21-15-18(27)11-12-22(21)32-25(29)23-24(31)30(20-10-6-8-17(3)14-20)26(33-23)28-19-9-5-7-16(2)13-19/h5-15H,4H2,1-3H3/b25-23-,28-26?. The van der Waals surface area contributed by atoms with Crippen LogP contribution in [0.25, 0.3) is 0 Å². The second kappa shape index (κ2) is 8.93. The number of anilines is 2. The molecule has 2 aliphatic rings. The maximum absolute atomic E-state index is 13.9. The molecule has 1 fully saturated rings. The maximum Gasteiger partial charge on any atom is 0.274 e. The first-order valence-corrected chi connectivity index (χ1v) is 12.7. The molecule has 33 heavy (non-hydrogen) atoms. The van der Waals surface area contributed by atoms with Gasteiger partial charge in [-0.1, -0.05) is 47.6 Å². The van der Waals surface area contributed by atoms with E-state index in [1.165, 1.54) is 11.8 Å². The maximum atomic E-state index is 13.9. The molecular formula is C26H22ClN3OS2. The fourth-order valence-electron chi connectivity index (χ4n) is 3.92. The summed E-state index contributed by atoms with van der Waals surface area (Å²) < 4.78 is 0. The molecule has 0 spiro atoms. The van der Waals surface area contributed by atoms with Crippen molar-refractivity contribution in [2.24, 2.45) is 4.99 Å². The van der Waals surface area contributed by atoms with Crippen LogP contribution in [-0.4, -0.2) is 17.6 Å². The van der Waals surface area contributed by atoms with E-state index in [1.54, 1.807) is 16.7 Å². The minimum atomic E-state index is -0.0585. The van der Waals surface area contributed by atoms with E-state index >= 15 is 0 Å². The summed E-state index contributed by atoms with van der Waals surface area (Å²) in [5.74, 6) is -0.0585. The summed E-state index contributed by atoms with van der Waals surface area (Å²) in [4.78, 5) is 24.4. The van der Waals surface area contributed by atoms with Gasteiger partial charge < -0.3 is 4.90 Å². The highest BCUT2D eigenvalue weighted by molar-refractivity contribution is 8.20. The molecule has 1 saturated heterocycles. The second-order valence-corrected chi connectivity index (χ2v) is 10.4. The van der Waals surface area contributed by atoms with Crippen molar-refractivity contribution in [1.29, 1.82) is 0 Å². The lowest BCUT2D eigenvalue weighted by molar-refractivity contribution is -0.113. The smallest absolute Gasteiger partial charge is 0.274 e. The summed E-state index contributed by atoms with van der Waals surface area (Å²) >= 11 is 9.32. The Balaban J connectivity index is 1.64. The molecule has 0 N–H and O–H groups in total. The van der Waals surface area contributed by atoms with Gasteiger partial charge in [0.15, 0.2) is 5.17 Å². The number of hydrogen-bond donors (Lipinski definition) is 0. The number of nitrogens with zero attached hydrogens (tertiary/aromatic N) is 3. The summed E-state index contributed by atoms with van der Waals surface area (Å²) in [6.45, 7) is 6.89. The van der Waals surface area contributed by atoms with Crippen LogP contribution in [0.15, 0.2) is 86.6 Å². The molecule has 4 nitrogen and oxygen atoms in total. The highest BCUT2D eigenvalue weighted by atomic mass is 35.5. The zero-order chi connectivity index (χ0) is 23.1. The Bertz CT molecular complexity index is 1330. The van der Waals surface area contributed by atoms with E-state index < -0.39 is 0 Å². The summed E-state index contributed by atoms with van der Waals surface area (Å²) in [5, 5.41) is 2.27. The number of amidine groups is 1. The molecule has 0 atom stereocenters. The normalized spacial score (nSPS) is 19.0. The van der Waals surface area contributed by atoms with Gasteiger partial charge in [0, 0.05) is 16.5 Å². The highest BCUT2D eigenvalue weighted by Crippen LogP contribution is 2.51. The predicted molar refractivity (Wildman–Crippen MR) is 142 cm³/mol. The third-order valence-corrected chi connectivity index (χ3v) is 8.02. The number of benzene rings is 3. The number of fused-ring (bicyclic) bond motifs is 1. The van der Waals surface area contributed by atoms with Crippen molar-refractivity contribution in [2.75, 3.05) is 16.3 Å². The fraction of sp³-hybridized carbons (Fsp3) is 0.154. The van der Waals surface area contributed by atoms with Crippen LogP contribution in [0.3, 0.4) is 0 Å². The number of aryl methyl sites for hydroxylation is 2. The number of thioether (sulfide) groups is 2. The van der Waals surface area contributed by atoms with E-state index in [9.17, 15) is 4.79 Å². The first-order chi connectivity index (χ1) is 15.9. The second-order valence-electron chi connectivity index (χ2n) is 7.91. The summed E-state index contributed by atoms with van der Waals surface area (Å²) in [6.07, 6.45) is 0. The van der Waals surface area contributed by atoms with E-state index in [0.717, 1.165) is 44.7 Å². The SMILES string of the molecule is CCN1/C(=C2/SC(=Nc3cccc(C)c3)N(c3cccc(C)c3)C2=O)Sc2ccc(Cl)cc21. The molecule has 2 aliphatic heterocycles. The molecule has 3 aromatic rings. The van der Waals surface area contributed by atoms with Gasteiger partial charge in [-0.3, -0.25) is 9.69 Å². The molecule has 7 heteroatoms. The highest BCUT2D eigenvalue weighted by Gasteiger charge is 2.40. The Hall–Kier alpha value is -2.67. The Morgan fingerprint density at radius 3 is 2.42 bits per heavy atom. The van der Waals surface area contributed by atoms with Crippen LogP contribution in [0.2, 0.25) is 5.02 Å². The van der Waals surface area contributed by atoms with Gasteiger partial charge in [-0.2, -0.15) is 0 Å². The van der Waals surface area contributed by atoms with Crippen molar-refractivity contribution in [3.63, 3.8) is 0 Å². The average molecular weight is 492 g/mol. The Kier molecular flexibility index (Phi) is 5.99. The van der Waals surface area contributed by atoms with E-state index in [-0.39, 0.29) is 5.91 Å². The molecule has 0 aliphatic carbocycles. The molecule has 0 bridgehead atoms. The van der Waals surface area contributed by atoms with E-state index in [4.69, 9.17) is 16.6 Å². The van der Waals surface area contributed by atoms with Gasteiger partial charge in [0.05, 0.1) is 17.1 Å². The molecular weight excluding hydrogens is 470 g/mol. The van der Waals surface area contributed by atoms with Crippen LogP contribution in [0, 0.1) is 13.8 Å². The number of rotatable bonds is 3. The zero-order valence-electron chi connectivity index (χ0n) is 18.5. The molecule has 0 radical (unpaired) electrons. The van der Waals surface area contributed by atoms with Crippen LogP contribution in [0.1, 0.15) is 18.1 Å². The van der Waals surface area contributed by atoms with Crippen molar-refractivity contribution >= 4 is 63.3 Å². The quantitative estimate of drug-likeness (QED) is 0.355. The number of aliphatic imine (C=N–C) groups is 1. The zero-order valence-corrected chi connectivity index (χ0v) is 20.9. The third-order valence-electron chi connectivity index (χ3n) is 5.44. The van der Waals surface area contributed by atoms with Crippen LogP contribution in [0.5, 0.6) is 0 Å². The van der Waals surface area contributed by atoms with Crippen LogP contribution in [-0.2, 0) is 4.79 Å². The predicted octanol–water partition coefficient (Wildman–Crippen LogP) is 7.53. The molecule has 0 saturated carbocycles. The lowest BCUT2D eigenvalue weighted by Crippen LogP contribution is -2.29. The largest absolute Gasteiger partial charge is 0.334 e. The van der Waals surface area contributed by atoms with Crippen molar-refractivity contribution in [2.45, 2.75) is 25.7 Å². The van der Waals surface area contributed by atoms with E-state index in [1.807, 2.05) is 80.6 Å². The van der Waals surface area contributed by atoms with E-state index in [2.05, 4.69) is 11.8 Å². The summed E-state index contributed by atoms with van der Waals surface area (Å²) in [7, 11) is 0. The molecule has 1 amide bonds. The Labute approximate surface area is 207 Å². The molecule has 5 rings (SSSR count). The van der Waals surface area contributed by atoms with Crippen molar-refractivity contribution < 1.29 is 4.79 Å². The fourth-order valence-corrected chi connectivity index (χ4v) is 6.46. The summed E-state index contributed by atoms with van der Waals surface area (Å²) in [5.41, 5.74) is 4.91. The van der Waals surface area contributed by atoms with Gasteiger partial charge in [-0.05, 0) is 86.1 Å². The first-order valence-electron chi connectivity index (χ1n) is 10.7.